The second-order valence-corrected chi connectivity index (χ2v) is 4.26. The maximum atomic E-state index is 11.1. The highest BCUT2D eigenvalue weighted by Gasteiger charge is 2.14. The van der Waals surface area contributed by atoms with Crippen molar-refractivity contribution in [2.75, 3.05) is 5.73 Å². The Labute approximate surface area is 101 Å². The molecule has 0 aliphatic carbocycles. The smallest absolute Gasteiger partial charge is 0.336 e. The number of rotatable bonds is 3. The highest BCUT2D eigenvalue weighted by Crippen LogP contribution is 2.28. The zero-order chi connectivity index (χ0) is 12.4. The van der Waals surface area contributed by atoms with Gasteiger partial charge in [-0.2, -0.15) is 0 Å². The van der Waals surface area contributed by atoms with E-state index in [1.165, 1.54) is 23.6 Å². The fraction of sp³-hybridized carbons (Fsp3) is 0. The molecule has 0 aliphatic rings. The number of anilines is 1. The first-order valence-electron chi connectivity index (χ1n) is 4.64. The van der Waals surface area contributed by atoms with E-state index < -0.39 is 5.97 Å². The molecule has 6 heteroatoms. The number of hydrogen-bond acceptors (Lipinski definition) is 5. The normalized spacial score (nSPS) is 10.1. The largest absolute Gasteiger partial charge is 0.478 e. The number of carboxylic acids is 1. The number of aromatic carboxylic acids is 1. The van der Waals surface area contributed by atoms with E-state index >= 15 is 0 Å². The minimum atomic E-state index is -1.08. The van der Waals surface area contributed by atoms with Crippen LogP contribution in [0.3, 0.4) is 0 Å². The first-order valence-corrected chi connectivity index (χ1v) is 5.52. The third-order valence-electron chi connectivity index (χ3n) is 2.20. The van der Waals surface area contributed by atoms with Crippen molar-refractivity contribution in [1.82, 2.24) is 4.98 Å². The maximum Gasteiger partial charge on any atom is 0.336 e. The van der Waals surface area contributed by atoms with Crippen molar-refractivity contribution in [3.8, 4) is 11.1 Å². The van der Waals surface area contributed by atoms with Gasteiger partial charge in [-0.15, -0.1) is 11.3 Å². The molecule has 2 aromatic heterocycles. The number of pyridine rings is 1. The summed E-state index contributed by atoms with van der Waals surface area (Å²) in [6, 6.07) is 2.92. The van der Waals surface area contributed by atoms with Crippen LogP contribution in [0.25, 0.3) is 11.1 Å². The number of nitrogen functional groups attached to an aromatic ring is 1. The number of carbonyl (C=O) groups is 2. The number of thiophene rings is 1. The minimum absolute atomic E-state index is 0.0766. The lowest BCUT2D eigenvalue weighted by atomic mass is 10.0. The van der Waals surface area contributed by atoms with Crippen molar-refractivity contribution in [3.63, 3.8) is 0 Å². The highest BCUT2D eigenvalue weighted by atomic mass is 32.1. The van der Waals surface area contributed by atoms with Gasteiger partial charge >= 0.3 is 5.97 Å². The van der Waals surface area contributed by atoms with E-state index in [-0.39, 0.29) is 11.4 Å². The van der Waals surface area contributed by atoms with Crippen LogP contribution in [0, 0.1) is 0 Å². The second kappa shape index (κ2) is 4.34. The van der Waals surface area contributed by atoms with E-state index in [4.69, 9.17) is 10.8 Å². The molecule has 5 nitrogen and oxygen atoms in total. The third kappa shape index (κ3) is 2.16. The van der Waals surface area contributed by atoms with Gasteiger partial charge in [-0.25, -0.2) is 9.78 Å². The summed E-state index contributed by atoms with van der Waals surface area (Å²) in [7, 11) is 0. The summed E-state index contributed by atoms with van der Waals surface area (Å²) < 4.78 is 0. The van der Waals surface area contributed by atoms with E-state index in [9.17, 15) is 9.59 Å². The average Bonchev–Trinajstić information content (AvgIpc) is 2.77. The lowest BCUT2D eigenvalue weighted by Crippen LogP contribution is -2.02. The van der Waals surface area contributed by atoms with E-state index in [0.29, 0.717) is 16.0 Å². The van der Waals surface area contributed by atoms with Crippen LogP contribution in [-0.2, 0) is 0 Å². The molecule has 0 amide bonds. The van der Waals surface area contributed by atoms with Crippen LogP contribution >= 0.6 is 11.3 Å². The van der Waals surface area contributed by atoms with Crippen molar-refractivity contribution in [1.29, 1.82) is 0 Å². The Hall–Kier alpha value is -2.21. The summed E-state index contributed by atoms with van der Waals surface area (Å²) in [4.78, 5) is 26.1. The van der Waals surface area contributed by atoms with Gasteiger partial charge in [-0.3, -0.25) is 4.79 Å². The van der Waals surface area contributed by atoms with E-state index in [1.807, 2.05) is 0 Å². The first-order chi connectivity index (χ1) is 8.11. The summed E-state index contributed by atoms with van der Waals surface area (Å²) >= 11 is 1.25. The molecule has 0 atom stereocenters. The molecule has 17 heavy (non-hydrogen) atoms. The van der Waals surface area contributed by atoms with Crippen molar-refractivity contribution < 1.29 is 14.7 Å². The SMILES string of the molecule is Nc1cc(C(=O)O)c(-c2csc(C=O)c2)cn1. The predicted molar refractivity (Wildman–Crippen MR) is 64.3 cm³/mol. The molecule has 0 fully saturated rings. The fourth-order valence-corrected chi connectivity index (χ4v) is 2.14. The fourth-order valence-electron chi connectivity index (χ4n) is 1.43. The minimum Gasteiger partial charge on any atom is -0.478 e. The van der Waals surface area contributed by atoms with E-state index in [0.717, 1.165) is 6.29 Å². The molecule has 0 bridgehead atoms. The summed E-state index contributed by atoms with van der Waals surface area (Å²) in [6.45, 7) is 0. The van der Waals surface area contributed by atoms with Crippen LogP contribution in [-0.4, -0.2) is 22.3 Å². The van der Waals surface area contributed by atoms with Gasteiger partial charge in [0.05, 0.1) is 10.4 Å². The summed E-state index contributed by atoms with van der Waals surface area (Å²) in [5, 5.41) is 10.8. The molecule has 0 saturated heterocycles. The average molecular weight is 248 g/mol. The Morgan fingerprint density at radius 3 is 2.82 bits per heavy atom. The molecule has 0 aromatic carbocycles. The van der Waals surface area contributed by atoms with Crippen molar-refractivity contribution in [2.24, 2.45) is 0 Å². The van der Waals surface area contributed by atoms with Gasteiger partial charge in [0.25, 0.3) is 0 Å². The first kappa shape index (κ1) is 11.3. The number of nitrogens with two attached hydrogens (primary N) is 1. The molecule has 2 heterocycles. The van der Waals surface area contributed by atoms with Gasteiger partial charge in [0, 0.05) is 11.8 Å². The molecule has 0 aliphatic heterocycles. The molecule has 2 aromatic rings. The lowest BCUT2D eigenvalue weighted by molar-refractivity contribution is 0.0697. The molecule has 2 rings (SSSR count). The zero-order valence-electron chi connectivity index (χ0n) is 8.58. The van der Waals surface area contributed by atoms with E-state index in [1.54, 1.807) is 11.4 Å². The Kier molecular flexibility index (Phi) is 2.88. The Morgan fingerprint density at radius 1 is 1.47 bits per heavy atom. The second-order valence-electron chi connectivity index (χ2n) is 3.32. The molecule has 0 unspecified atom stereocenters. The molecule has 0 radical (unpaired) electrons. The predicted octanol–water partition coefficient (Wildman–Crippen LogP) is 1.90. The Bertz CT molecular complexity index is 592. The number of carboxylic acid groups (broad SMARTS) is 1. The Balaban J connectivity index is 2.58. The van der Waals surface area contributed by atoms with Crippen LogP contribution < -0.4 is 5.73 Å². The number of carbonyl (C=O) groups excluding carboxylic acids is 1. The summed E-state index contributed by atoms with van der Waals surface area (Å²) in [5.41, 5.74) is 6.63. The van der Waals surface area contributed by atoms with Gasteiger partial charge in [0.2, 0.25) is 0 Å². The van der Waals surface area contributed by atoms with Crippen LogP contribution in [0.2, 0.25) is 0 Å². The molecule has 3 N–H and O–H groups in total. The van der Waals surface area contributed by atoms with E-state index in [2.05, 4.69) is 4.98 Å². The molecule has 0 saturated carbocycles. The van der Waals surface area contributed by atoms with Gasteiger partial charge < -0.3 is 10.8 Å². The topological polar surface area (TPSA) is 93.3 Å². The van der Waals surface area contributed by atoms with Gasteiger partial charge in [0.15, 0.2) is 6.29 Å². The molecular formula is C11H8N2O3S. The maximum absolute atomic E-state index is 11.1. The summed E-state index contributed by atoms with van der Waals surface area (Å²) in [5.74, 6) is -0.926. The van der Waals surface area contributed by atoms with Crippen molar-refractivity contribution in [3.05, 3.63) is 34.2 Å². The van der Waals surface area contributed by atoms with Gasteiger partial charge in [-0.1, -0.05) is 0 Å². The number of hydrogen-bond donors (Lipinski definition) is 2. The molecule has 86 valence electrons. The van der Waals surface area contributed by atoms with Gasteiger partial charge in [0.1, 0.15) is 5.82 Å². The Morgan fingerprint density at radius 2 is 2.24 bits per heavy atom. The third-order valence-corrected chi connectivity index (χ3v) is 3.06. The monoisotopic (exact) mass is 248 g/mol. The lowest BCUT2D eigenvalue weighted by Gasteiger charge is -2.04. The number of nitrogens with zero attached hydrogens (tertiary/aromatic N) is 1. The summed E-state index contributed by atoms with van der Waals surface area (Å²) in [6.07, 6.45) is 2.12. The zero-order valence-corrected chi connectivity index (χ0v) is 9.40. The highest BCUT2D eigenvalue weighted by molar-refractivity contribution is 7.12. The van der Waals surface area contributed by atoms with Crippen LogP contribution in [0.4, 0.5) is 5.82 Å². The standard InChI is InChI=1S/C11H8N2O3S/c12-10-2-8(11(15)16)9(3-13-10)6-1-7(4-14)17-5-6/h1-5H,(H2,12,13)(H,15,16). The van der Waals surface area contributed by atoms with Crippen LogP contribution in [0.15, 0.2) is 23.7 Å². The molecular weight excluding hydrogens is 240 g/mol. The van der Waals surface area contributed by atoms with Gasteiger partial charge in [-0.05, 0) is 23.1 Å². The molecule has 0 spiro atoms. The number of aromatic nitrogens is 1. The number of aldehydes is 1. The van der Waals surface area contributed by atoms with Crippen molar-refractivity contribution >= 4 is 29.4 Å². The van der Waals surface area contributed by atoms with Crippen LogP contribution in [0.1, 0.15) is 20.0 Å². The quantitative estimate of drug-likeness (QED) is 0.809. The van der Waals surface area contributed by atoms with Crippen molar-refractivity contribution in [2.45, 2.75) is 0 Å². The van der Waals surface area contributed by atoms with Crippen LogP contribution in [0.5, 0.6) is 0 Å².